The summed E-state index contributed by atoms with van der Waals surface area (Å²) in [6.45, 7) is 5.42. The molecule has 0 radical (unpaired) electrons. The van der Waals surface area contributed by atoms with Crippen molar-refractivity contribution in [1.29, 1.82) is 0 Å². The fourth-order valence-corrected chi connectivity index (χ4v) is 1.59. The molecule has 1 aromatic heterocycles. The van der Waals surface area contributed by atoms with E-state index in [1.54, 1.807) is 6.07 Å². The molecule has 1 N–H and O–H groups in total. The SMILES string of the molecule is C#Cc1sccc1NC(=O)OC(C)(C)C. The number of hydrogen-bond acceptors (Lipinski definition) is 3. The predicted octanol–water partition coefficient (Wildman–Crippen LogP) is 3.08. The van der Waals surface area contributed by atoms with Crippen LogP contribution in [0.5, 0.6) is 0 Å². The highest BCUT2D eigenvalue weighted by Gasteiger charge is 2.17. The summed E-state index contributed by atoms with van der Waals surface area (Å²) in [7, 11) is 0. The van der Waals surface area contributed by atoms with Gasteiger partial charge in [-0.15, -0.1) is 17.8 Å². The topological polar surface area (TPSA) is 38.3 Å². The zero-order valence-corrected chi connectivity index (χ0v) is 9.77. The van der Waals surface area contributed by atoms with Gasteiger partial charge in [0.25, 0.3) is 0 Å². The lowest BCUT2D eigenvalue weighted by Gasteiger charge is -2.19. The Labute approximate surface area is 93.5 Å². The summed E-state index contributed by atoms with van der Waals surface area (Å²) in [5.74, 6) is 2.49. The number of hydrogen-bond donors (Lipinski definition) is 1. The molecule has 4 heteroatoms. The predicted molar refractivity (Wildman–Crippen MR) is 62.1 cm³/mol. The van der Waals surface area contributed by atoms with Crippen molar-refractivity contribution < 1.29 is 9.53 Å². The minimum absolute atomic E-state index is 0.489. The molecule has 0 atom stereocenters. The van der Waals surface area contributed by atoms with E-state index in [-0.39, 0.29) is 0 Å². The summed E-state index contributed by atoms with van der Waals surface area (Å²) in [5.41, 5.74) is 0.118. The van der Waals surface area contributed by atoms with Gasteiger partial charge in [-0.1, -0.05) is 5.92 Å². The molecule has 0 unspecified atom stereocenters. The monoisotopic (exact) mass is 223 g/mol. The smallest absolute Gasteiger partial charge is 0.412 e. The molecule has 0 spiro atoms. The molecule has 15 heavy (non-hydrogen) atoms. The molecule has 0 saturated carbocycles. The molecular formula is C11H13NO2S. The van der Waals surface area contributed by atoms with Gasteiger partial charge in [-0.05, 0) is 32.2 Å². The van der Waals surface area contributed by atoms with Crippen molar-refractivity contribution in [3.63, 3.8) is 0 Å². The fraction of sp³-hybridized carbons (Fsp3) is 0.364. The minimum atomic E-state index is -0.504. The molecular weight excluding hydrogens is 210 g/mol. The van der Waals surface area contributed by atoms with Crippen LogP contribution < -0.4 is 5.32 Å². The van der Waals surface area contributed by atoms with Gasteiger partial charge < -0.3 is 4.74 Å². The molecule has 3 nitrogen and oxygen atoms in total. The molecule has 80 valence electrons. The van der Waals surface area contributed by atoms with E-state index in [2.05, 4.69) is 11.2 Å². The highest BCUT2D eigenvalue weighted by atomic mass is 32.1. The van der Waals surface area contributed by atoms with Crippen molar-refractivity contribution in [3.05, 3.63) is 16.3 Å². The Morgan fingerprint density at radius 3 is 2.80 bits per heavy atom. The van der Waals surface area contributed by atoms with Gasteiger partial charge in [0.1, 0.15) is 10.5 Å². The van der Waals surface area contributed by atoms with Crippen molar-refractivity contribution in [2.75, 3.05) is 5.32 Å². The lowest BCUT2D eigenvalue weighted by Crippen LogP contribution is -2.27. The summed E-state index contributed by atoms with van der Waals surface area (Å²) >= 11 is 1.40. The van der Waals surface area contributed by atoms with Crippen LogP contribution in [0.25, 0.3) is 0 Å². The Kier molecular flexibility index (Phi) is 3.38. The van der Waals surface area contributed by atoms with Crippen LogP contribution in [0.1, 0.15) is 25.6 Å². The lowest BCUT2D eigenvalue weighted by molar-refractivity contribution is 0.0636. The lowest BCUT2D eigenvalue weighted by atomic mass is 10.2. The molecule has 0 aliphatic carbocycles. The second-order valence-electron chi connectivity index (χ2n) is 3.93. The van der Waals surface area contributed by atoms with Crippen molar-refractivity contribution in [2.45, 2.75) is 26.4 Å². The molecule has 0 bridgehead atoms. The van der Waals surface area contributed by atoms with Gasteiger partial charge in [0, 0.05) is 0 Å². The van der Waals surface area contributed by atoms with Crippen LogP contribution in [0.4, 0.5) is 10.5 Å². The Balaban J connectivity index is 2.64. The van der Waals surface area contributed by atoms with Gasteiger partial charge in [-0.2, -0.15) is 0 Å². The van der Waals surface area contributed by atoms with Crippen molar-refractivity contribution in [3.8, 4) is 12.3 Å². The zero-order valence-electron chi connectivity index (χ0n) is 8.96. The first kappa shape index (κ1) is 11.6. The molecule has 1 amide bonds. The molecule has 0 fully saturated rings. The molecule has 1 rings (SSSR count). The Bertz CT molecular complexity index is 395. The largest absolute Gasteiger partial charge is 0.444 e. The number of anilines is 1. The minimum Gasteiger partial charge on any atom is -0.444 e. The van der Waals surface area contributed by atoms with Crippen molar-refractivity contribution in [1.82, 2.24) is 0 Å². The molecule has 1 heterocycles. The second-order valence-corrected chi connectivity index (χ2v) is 4.85. The second kappa shape index (κ2) is 4.37. The van der Waals surface area contributed by atoms with Gasteiger partial charge in [-0.3, -0.25) is 5.32 Å². The van der Waals surface area contributed by atoms with Gasteiger partial charge in [0.15, 0.2) is 0 Å². The number of terminal acetylenes is 1. The first-order chi connectivity index (χ1) is 6.92. The van der Waals surface area contributed by atoms with Gasteiger partial charge >= 0.3 is 6.09 Å². The molecule has 0 aliphatic heterocycles. The zero-order chi connectivity index (χ0) is 11.5. The summed E-state index contributed by atoms with van der Waals surface area (Å²) in [6, 6.07) is 1.75. The standard InChI is InChI=1S/C11H13NO2S/c1-5-9-8(6-7-15-9)12-10(13)14-11(2,3)4/h1,6-7H,2-4H3,(H,12,13). The third-order valence-electron chi connectivity index (χ3n) is 1.43. The number of nitrogens with one attached hydrogen (secondary N) is 1. The highest BCUT2D eigenvalue weighted by molar-refractivity contribution is 7.11. The van der Waals surface area contributed by atoms with E-state index in [4.69, 9.17) is 11.2 Å². The van der Waals surface area contributed by atoms with Gasteiger partial charge in [0.2, 0.25) is 0 Å². The first-order valence-corrected chi connectivity index (χ1v) is 5.34. The first-order valence-electron chi connectivity index (χ1n) is 4.46. The number of thiophene rings is 1. The van der Waals surface area contributed by atoms with E-state index in [0.717, 1.165) is 0 Å². The van der Waals surface area contributed by atoms with Crippen LogP contribution in [0.3, 0.4) is 0 Å². The third kappa shape index (κ3) is 3.64. The van der Waals surface area contributed by atoms with Crippen LogP contribution in [-0.2, 0) is 4.74 Å². The average molecular weight is 223 g/mol. The number of ether oxygens (including phenoxy) is 1. The Hall–Kier alpha value is -1.47. The van der Waals surface area contributed by atoms with Gasteiger partial charge in [-0.25, -0.2) is 4.79 Å². The fourth-order valence-electron chi connectivity index (χ4n) is 0.933. The van der Waals surface area contributed by atoms with Crippen LogP contribution in [0.2, 0.25) is 0 Å². The van der Waals surface area contributed by atoms with E-state index in [0.29, 0.717) is 10.6 Å². The normalized spacial score (nSPS) is 10.5. The van der Waals surface area contributed by atoms with Crippen molar-refractivity contribution in [2.24, 2.45) is 0 Å². The summed E-state index contributed by atoms with van der Waals surface area (Å²) in [4.78, 5) is 12.1. The van der Waals surface area contributed by atoms with Crippen LogP contribution in [0.15, 0.2) is 11.4 Å². The van der Waals surface area contributed by atoms with E-state index in [1.807, 2.05) is 26.2 Å². The maximum atomic E-state index is 11.4. The van der Waals surface area contributed by atoms with E-state index >= 15 is 0 Å². The maximum absolute atomic E-state index is 11.4. The third-order valence-corrected chi connectivity index (χ3v) is 2.28. The van der Waals surface area contributed by atoms with E-state index in [1.165, 1.54) is 11.3 Å². The quantitative estimate of drug-likeness (QED) is 0.743. The molecule has 1 aromatic rings. The number of carbonyl (C=O) groups is 1. The van der Waals surface area contributed by atoms with E-state index < -0.39 is 11.7 Å². The Morgan fingerprint density at radius 1 is 1.60 bits per heavy atom. The average Bonchev–Trinajstić information content (AvgIpc) is 2.48. The van der Waals surface area contributed by atoms with Crippen LogP contribution >= 0.6 is 11.3 Å². The van der Waals surface area contributed by atoms with Crippen LogP contribution in [0, 0.1) is 12.3 Å². The number of amides is 1. The maximum Gasteiger partial charge on any atom is 0.412 e. The highest BCUT2D eigenvalue weighted by Crippen LogP contribution is 2.21. The number of carbonyl (C=O) groups excluding carboxylic acids is 1. The molecule has 0 aromatic carbocycles. The van der Waals surface area contributed by atoms with Crippen molar-refractivity contribution >= 4 is 23.1 Å². The summed E-state index contributed by atoms with van der Waals surface area (Å²) < 4.78 is 5.10. The van der Waals surface area contributed by atoms with E-state index in [9.17, 15) is 4.79 Å². The van der Waals surface area contributed by atoms with Gasteiger partial charge in [0.05, 0.1) is 5.69 Å². The number of rotatable bonds is 1. The summed E-state index contributed by atoms with van der Waals surface area (Å²) in [6.07, 6.45) is 4.78. The molecule has 0 aliphatic rings. The molecule has 0 saturated heterocycles. The summed E-state index contributed by atoms with van der Waals surface area (Å²) in [5, 5.41) is 4.43. The van der Waals surface area contributed by atoms with Crippen LogP contribution in [-0.4, -0.2) is 11.7 Å². The Morgan fingerprint density at radius 2 is 2.27 bits per heavy atom.